The number of nitrogens with one attached hydrogen (secondary N) is 1. The third kappa shape index (κ3) is 14.8. The van der Waals surface area contributed by atoms with Crippen LogP contribution in [0, 0.1) is 22.7 Å². The van der Waals surface area contributed by atoms with E-state index in [1.807, 2.05) is 0 Å². The first-order valence-electron chi connectivity index (χ1n) is 29.2. The summed E-state index contributed by atoms with van der Waals surface area (Å²) in [5, 5.41) is 29.2. The molecular formula is C64H89NO17. The average molecular weight is 1140 g/mol. The standard InChI is InChI=1S/C64H89NO17/c1-13-14-15-16-17-18-19-20-21-22-23-24-25-26-27-32-49(68)78-51(44(35-39(2)3)65-59(73)82-60(6,7)8)58(72)77-46-37-64(74)55(80-57(71)43-30-28-29-31-45(43)75-12)53-62(11,47(67)36-48-63(53,38-76-48)81-41(5)66)54(69)52(79-56(70)42-33-34-42)50(40(46)4)61(64,9)10/h15-16,18-19,21-22,28-31,35,42,44,46-48,51-53,55,67,74H,13-14,17,20,23-27,32-34,36-38H2,1-12H3,(H,65,73)/b16-15-,19-18-,22-21-/t44-,46-,47-,48+,51+,52+,53?,55?,62+,63-,64+/m0/s1. The van der Waals surface area contributed by atoms with Crippen LogP contribution in [0.15, 0.2) is 83.5 Å². The molecule has 3 saturated carbocycles. The van der Waals surface area contributed by atoms with Gasteiger partial charge in [-0.05, 0) is 123 Å². The molecule has 6 rings (SSSR count). The van der Waals surface area contributed by atoms with Crippen molar-refractivity contribution in [1.82, 2.24) is 5.32 Å². The van der Waals surface area contributed by atoms with E-state index in [4.69, 9.17) is 37.9 Å². The van der Waals surface area contributed by atoms with Crippen LogP contribution in [0.3, 0.4) is 0 Å². The number of carbonyl (C=O) groups excluding carboxylic acids is 7. The van der Waals surface area contributed by atoms with Gasteiger partial charge >= 0.3 is 35.9 Å². The Hall–Kier alpha value is -6.11. The summed E-state index contributed by atoms with van der Waals surface area (Å²) >= 11 is 0. The van der Waals surface area contributed by atoms with Crippen LogP contribution in [0.1, 0.15) is 176 Å². The minimum absolute atomic E-state index is 0.00351. The van der Waals surface area contributed by atoms with Crippen LogP contribution in [0.5, 0.6) is 5.75 Å². The average Bonchev–Trinajstić information content (AvgIpc) is 1.17. The molecular weight excluding hydrogens is 1050 g/mol. The fraction of sp³-hybridized carbons (Fsp3) is 0.641. The fourth-order valence-corrected chi connectivity index (χ4v) is 12.1. The third-order valence-corrected chi connectivity index (χ3v) is 16.6. The molecule has 5 aliphatic rings. The lowest BCUT2D eigenvalue weighted by Crippen LogP contribution is -2.82. The number of Topliss-reactive ketones (excluding diaryl/α,β-unsaturated/α-hetero) is 1. The number of esters is 5. The number of unbranched alkanes of at least 4 members (excludes halogenated alkanes) is 5. The molecule has 4 fully saturated rings. The molecule has 18 heteroatoms. The van der Waals surface area contributed by atoms with Crippen LogP contribution in [-0.2, 0) is 57.1 Å². The number of alkyl carbamates (subject to hydrolysis) is 1. The lowest BCUT2D eigenvalue weighted by molar-refractivity contribution is -0.346. The highest BCUT2D eigenvalue weighted by molar-refractivity contribution is 5.96. The van der Waals surface area contributed by atoms with E-state index in [0.29, 0.717) is 31.3 Å². The Kier molecular flexibility index (Phi) is 21.8. The topological polar surface area (TPSA) is 246 Å². The molecule has 0 aromatic heterocycles. The number of rotatable bonds is 25. The molecule has 82 heavy (non-hydrogen) atoms. The van der Waals surface area contributed by atoms with E-state index >= 15 is 9.59 Å². The molecule has 4 aliphatic carbocycles. The summed E-state index contributed by atoms with van der Waals surface area (Å²) in [5.41, 5.74) is -8.44. The van der Waals surface area contributed by atoms with E-state index in [1.54, 1.807) is 67.5 Å². The molecule has 11 atom stereocenters. The highest BCUT2D eigenvalue weighted by Gasteiger charge is 2.78. The first-order valence-corrected chi connectivity index (χ1v) is 29.2. The van der Waals surface area contributed by atoms with Crippen molar-refractivity contribution < 1.29 is 81.7 Å². The maximum Gasteiger partial charge on any atom is 0.408 e. The largest absolute Gasteiger partial charge is 0.496 e. The number of hydrogen-bond acceptors (Lipinski definition) is 17. The molecule has 1 amide bonds. The Balaban J connectivity index is 1.40. The summed E-state index contributed by atoms with van der Waals surface area (Å²) in [7, 11) is 1.35. The maximum atomic E-state index is 16.1. The van der Waals surface area contributed by atoms with Crippen molar-refractivity contribution in [3.63, 3.8) is 0 Å². The zero-order valence-corrected chi connectivity index (χ0v) is 50.2. The summed E-state index contributed by atoms with van der Waals surface area (Å²) in [6, 6.07) is 4.80. The minimum atomic E-state index is -2.48. The molecule has 1 saturated heterocycles. The Morgan fingerprint density at radius 3 is 2.12 bits per heavy atom. The van der Waals surface area contributed by atoms with Gasteiger partial charge in [-0.3, -0.25) is 19.2 Å². The number of amides is 1. The number of fused-ring (bicyclic) bond motifs is 5. The van der Waals surface area contributed by atoms with Crippen molar-refractivity contribution in [2.24, 2.45) is 22.7 Å². The number of ether oxygens (including phenoxy) is 8. The predicted octanol–water partition coefficient (Wildman–Crippen LogP) is 9.96. The zero-order chi connectivity index (χ0) is 60.4. The van der Waals surface area contributed by atoms with E-state index in [0.717, 1.165) is 51.9 Å². The predicted molar refractivity (Wildman–Crippen MR) is 304 cm³/mol. The van der Waals surface area contributed by atoms with E-state index in [1.165, 1.54) is 32.2 Å². The number of aliphatic hydroxyl groups is 2. The van der Waals surface area contributed by atoms with Gasteiger partial charge in [0.1, 0.15) is 40.8 Å². The molecule has 452 valence electrons. The fourth-order valence-electron chi connectivity index (χ4n) is 12.1. The molecule has 18 nitrogen and oxygen atoms in total. The summed E-state index contributed by atoms with van der Waals surface area (Å²) in [6.07, 6.45) is 11.4. The van der Waals surface area contributed by atoms with Gasteiger partial charge in [0.25, 0.3) is 0 Å². The third-order valence-electron chi connectivity index (χ3n) is 16.6. The highest BCUT2D eigenvalue weighted by atomic mass is 16.6. The molecule has 2 bridgehead atoms. The van der Waals surface area contributed by atoms with Crippen LogP contribution >= 0.6 is 0 Å². The molecule has 0 radical (unpaired) electrons. The van der Waals surface area contributed by atoms with E-state index in [-0.39, 0.29) is 41.9 Å². The quantitative estimate of drug-likeness (QED) is 0.0357. The van der Waals surface area contributed by atoms with Gasteiger partial charge in [-0.15, -0.1) is 0 Å². The lowest BCUT2D eigenvalue weighted by Gasteiger charge is -2.67. The Labute approximate surface area is 483 Å². The van der Waals surface area contributed by atoms with Crippen LogP contribution in [0.4, 0.5) is 4.79 Å². The smallest absolute Gasteiger partial charge is 0.408 e. The van der Waals surface area contributed by atoms with Crippen molar-refractivity contribution in [2.75, 3.05) is 13.7 Å². The summed E-state index contributed by atoms with van der Waals surface area (Å²) in [5.74, 6) is -7.40. The number of hydrogen-bond donors (Lipinski definition) is 3. The molecule has 1 aliphatic heterocycles. The maximum absolute atomic E-state index is 16.1. The molecule has 3 N–H and O–H groups in total. The number of carbonyl (C=O) groups is 7. The normalized spacial score (nSPS) is 28.3. The number of aliphatic hydroxyl groups excluding tert-OH is 1. The van der Waals surface area contributed by atoms with Gasteiger partial charge in [0.15, 0.2) is 17.5 Å². The van der Waals surface area contributed by atoms with Gasteiger partial charge in [-0.1, -0.05) is 100 Å². The lowest BCUT2D eigenvalue weighted by atomic mass is 9.44. The van der Waals surface area contributed by atoms with Crippen LogP contribution in [-0.4, -0.2) is 125 Å². The van der Waals surface area contributed by atoms with Crippen molar-refractivity contribution in [3.05, 3.63) is 89.1 Å². The molecule has 2 unspecified atom stereocenters. The van der Waals surface area contributed by atoms with Gasteiger partial charge in [-0.25, -0.2) is 14.4 Å². The molecule has 1 aromatic rings. The van der Waals surface area contributed by atoms with E-state index in [9.17, 15) is 34.2 Å². The van der Waals surface area contributed by atoms with Gasteiger partial charge in [0.2, 0.25) is 6.10 Å². The summed E-state index contributed by atoms with van der Waals surface area (Å²) in [6.45, 7) is 17.5. The van der Waals surface area contributed by atoms with E-state index in [2.05, 4.69) is 48.7 Å². The van der Waals surface area contributed by atoms with Crippen molar-refractivity contribution in [3.8, 4) is 5.75 Å². The highest BCUT2D eigenvalue weighted by Crippen LogP contribution is 2.64. The Morgan fingerprint density at radius 1 is 0.878 bits per heavy atom. The number of benzene rings is 1. The Bertz CT molecular complexity index is 2650. The molecule has 1 aromatic carbocycles. The summed E-state index contributed by atoms with van der Waals surface area (Å²) in [4.78, 5) is 101. The van der Waals surface area contributed by atoms with Gasteiger partial charge in [0.05, 0.1) is 43.1 Å². The van der Waals surface area contributed by atoms with Crippen molar-refractivity contribution >= 4 is 41.7 Å². The molecule has 1 heterocycles. The van der Waals surface area contributed by atoms with Crippen LogP contribution < -0.4 is 10.1 Å². The monoisotopic (exact) mass is 1140 g/mol. The second-order valence-corrected chi connectivity index (χ2v) is 24.6. The van der Waals surface area contributed by atoms with Gasteiger partial charge in [0, 0.05) is 31.6 Å². The summed E-state index contributed by atoms with van der Waals surface area (Å²) < 4.78 is 48.7. The van der Waals surface area contributed by atoms with Crippen molar-refractivity contribution in [2.45, 2.75) is 226 Å². The number of para-hydroxylation sites is 1. The number of methoxy groups -OCH3 is 1. The first kappa shape index (κ1) is 65.0. The van der Waals surface area contributed by atoms with Crippen LogP contribution in [0.25, 0.3) is 0 Å². The molecule has 0 spiro atoms. The van der Waals surface area contributed by atoms with Gasteiger partial charge in [-0.2, -0.15) is 0 Å². The number of ketones is 1. The minimum Gasteiger partial charge on any atom is -0.496 e. The Morgan fingerprint density at radius 2 is 1.52 bits per heavy atom. The zero-order valence-electron chi connectivity index (χ0n) is 50.2. The SMILES string of the molecule is CCC/C=C\C/C=C\C/C=C\CCCCCCC(=O)O[C@@H](C(=O)O[C@H]1C[C@@]2(O)C(OC(=O)c3ccccc3OC)C3[C@](C)(C(=O)[C@H](OC(=O)C4CC4)C(=C1C)C2(C)C)[C@@H](O)C[C@H]1OC[C@@]31OC(C)=O)[C@H](C=C(C)C)NC(=O)OC(C)(C)C. The number of allylic oxidation sites excluding steroid dienone is 7. The van der Waals surface area contributed by atoms with Crippen LogP contribution in [0.2, 0.25) is 0 Å². The second-order valence-electron chi connectivity index (χ2n) is 24.6. The second kappa shape index (κ2) is 27.5. The van der Waals surface area contributed by atoms with E-state index < -0.39 is 130 Å². The van der Waals surface area contributed by atoms with Gasteiger partial charge < -0.3 is 53.4 Å². The first-order chi connectivity index (χ1) is 38.7. The van der Waals surface area contributed by atoms with Crippen molar-refractivity contribution in [1.29, 1.82) is 0 Å².